The molecule has 1 aromatic rings. The number of amides is 2. The first-order chi connectivity index (χ1) is 9.35. The second kappa shape index (κ2) is 7.33. The van der Waals surface area contributed by atoms with Gasteiger partial charge in [-0.15, -0.1) is 0 Å². The zero-order chi connectivity index (χ0) is 15.3. The van der Waals surface area contributed by atoms with E-state index in [1.165, 1.54) is 19.2 Å². The molecular weight excluding hydrogens is 307 g/mol. The number of methoxy groups -OCH3 is 1. The first kappa shape index (κ1) is 16.6. The second-order valence-corrected chi connectivity index (χ2v) is 4.91. The number of anilines is 1. The Bertz CT molecular complexity index is 522. The van der Waals surface area contributed by atoms with Gasteiger partial charge in [-0.1, -0.05) is 23.2 Å². The highest BCUT2D eigenvalue weighted by Gasteiger charge is 2.18. The number of carbonyl (C=O) groups excluding carboxylic acids is 1. The number of carbonyl (C=O) groups is 2. The van der Waals surface area contributed by atoms with Crippen LogP contribution < -0.4 is 10.6 Å². The summed E-state index contributed by atoms with van der Waals surface area (Å²) in [6, 6.07) is 1.74. The molecule has 3 N–H and O–H groups in total. The lowest BCUT2D eigenvalue weighted by atomic mass is 10.2. The summed E-state index contributed by atoms with van der Waals surface area (Å²) >= 11 is 11.6. The van der Waals surface area contributed by atoms with E-state index < -0.39 is 12.0 Å². The van der Waals surface area contributed by atoms with E-state index in [1.54, 1.807) is 6.92 Å². The highest BCUT2D eigenvalue weighted by molar-refractivity contribution is 6.37. The van der Waals surface area contributed by atoms with E-state index in [4.69, 9.17) is 33.0 Å². The third-order valence-electron chi connectivity index (χ3n) is 2.32. The minimum atomic E-state index is -1.24. The summed E-state index contributed by atoms with van der Waals surface area (Å²) in [5.41, 5.74) is -0.192. The summed E-state index contributed by atoms with van der Waals surface area (Å²) in [6.45, 7) is 2.07. The molecule has 0 fully saturated rings. The summed E-state index contributed by atoms with van der Waals surface area (Å²) in [7, 11) is 1.51. The van der Waals surface area contributed by atoms with Gasteiger partial charge in [0, 0.05) is 12.1 Å². The highest BCUT2D eigenvalue weighted by Crippen LogP contribution is 2.30. The predicted octanol–water partition coefficient (Wildman–Crippen LogP) is 2.85. The topological polar surface area (TPSA) is 87.7 Å². The average Bonchev–Trinajstić information content (AvgIpc) is 2.32. The van der Waals surface area contributed by atoms with E-state index in [0.717, 1.165) is 0 Å². The monoisotopic (exact) mass is 320 g/mol. The number of aromatic carboxylic acids is 1. The molecule has 0 bridgehead atoms. The first-order valence-electron chi connectivity index (χ1n) is 5.64. The van der Waals surface area contributed by atoms with Crippen LogP contribution in [0.2, 0.25) is 10.0 Å². The molecule has 0 radical (unpaired) electrons. The van der Waals surface area contributed by atoms with Crippen LogP contribution in [0.4, 0.5) is 10.5 Å². The molecule has 6 nitrogen and oxygen atoms in total. The fourth-order valence-corrected chi connectivity index (χ4v) is 2.08. The minimum Gasteiger partial charge on any atom is -0.478 e. The Labute approximate surface area is 126 Å². The molecule has 0 aliphatic carbocycles. The van der Waals surface area contributed by atoms with Gasteiger partial charge < -0.3 is 20.5 Å². The largest absolute Gasteiger partial charge is 0.478 e. The Kier molecular flexibility index (Phi) is 6.06. The van der Waals surface area contributed by atoms with Crippen molar-refractivity contribution in [2.24, 2.45) is 0 Å². The SMILES string of the molecule is COCC(C)NC(=O)Nc1c(Cl)cc(Cl)cc1C(=O)O. The number of halogens is 2. The van der Waals surface area contributed by atoms with E-state index in [2.05, 4.69) is 10.6 Å². The van der Waals surface area contributed by atoms with Crippen molar-refractivity contribution in [3.8, 4) is 0 Å². The van der Waals surface area contributed by atoms with Crippen molar-refractivity contribution in [1.82, 2.24) is 5.32 Å². The van der Waals surface area contributed by atoms with Crippen LogP contribution in [-0.4, -0.2) is 36.9 Å². The molecule has 1 atom stereocenters. The van der Waals surface area contributed by atoms with Crippen molar-refractivity contribution >= 4 is 40.9 Å². The van der Waals surface area contributed by atoms with Crippen molar-refractivity contribution in [1.29, 1.82) is 0 Å². The molecule has 8 heteroatoms. The van der Waals surface area contributed by atoms with Gasteiger partial charge in [-0.2, -0.15) is 0 Å². The number of carboxylic acids is 1. The molecule has 0 saturated heterocycles. The Morgan fingerprint density at radius 2 is 2.05 bits per heavy atom. The summed E-state index contributed by atoms with van der Waals surface area (Å²) in [5.74, 6) is -1.24. The van der Waals surface area contributed by atoms with Gasteiger partial charge in [0.2, 0.25) is 0 Å². The molecule has 1 aromatic carbocycles. The maximum absolute atomic E-state index is 11.7. The van der Waals surface area contributed by atoms with E-state index in [1.807, 2.05) is 0 Å². The fraction of sp³-hybridized carbons (Fsp3) is 0.333. The molecule has 0 aromatic heterocycles. The van der Waals surface area contributed by atoms with Crippen LogP contribution in [0.3, 0.4) is 0 Å². The van der Waals surface area contributed by atoms with Crippen molar-refractivity contribution in [2.75, 3.05) is 19.0 Å². The Hall–Kier alpha value is -1.50. The maximum atomic E-state index is 11.7. The van der Waals surface area contributed by atoms with Crippen molar-refractivity contribution in [3.05, 3.63) is 27.7 Å². The van der Waals surface area contributed by atoms with Gasteiger partial charge in [0.25, 0.3) is 0 Å². The first-order valence-corrected chi connectivity index (χ1v) is 6.39. The molecule has 20 heavy (non-hydrogen) atoms. The highest BCUT2D eigenvalue weighted by atomic mass is 35.5. The van der Waals surface area contributed by atoms with Gasteiger partial charge in [0.1, 0.15) is 0 Å². The normalized spacial score (nSPS) is 11.8. The van der Waals surface area contributed by atoms with E-state index in [9.17, 15) is 9.59 Å². The predicted molar refractivity (Wildman–Crippen MR) is 76.9 cm³/mol. The number of urea groups is 1. The van der Waals surface area contributed by atoms with E-state index in [0.29, 0.717) is 6.61 Å². The van der Waals surface area contributed by atoms with Crippen LogP contribution in [0.15, 0.2) is 12.1 Å². The number of hydrogen-bond donors (Lipinski definition) is 3. The molecule has 0 spiro atoms. The molecule has 110 valence electrons. The lowest BCUT2D eigenvalue weighted by Gasteiger charge is -2.15. The minimum absolute atomic E-state index is 0.00863. The number of ether oxygens (including phenoxy) is 1. The summed E-state index contributed by atoms with van der Waals surface area (Å²) in [5, 5.41) is 14.3. The number of rotatable bonds is 5. The van der Waals surface area contributed by atoms with Crippen molar-refractivity contribution in [3.63, 3.8) is 0 Å². The Morgan fingerprint density at radius 3 is 2.60 bits per heavy atom. The zero-order valence-corrected chi connectivity index (χ0v) is 12.4. The molecule has 0 aliphatic rings. The third-order valence-corrected chi connectivity index (χ3v) is 2.83. The maximum Gasteiger partial charge on any atom is 0.337 e. The molecule has 2 amide bonds. The lowest BCUT2D eigenvalue weighted by molar-refractivity contribution is 0.0698. The summed E-state index contributed by atoms with van der Waals surface area (Å²) < 4.78 is 4.88. The number of benzene rings is 1. The molecule has 0 heterocycles. The summed E-state index contributed by atoms with van der Waals surface area (Å²) in [6.07, 6.45) is 0. The Morgan fingerprint density at radius 1 is 1.40 bits per heavy atom. The van der Waals surface area contributed by atoms with Crippen molar-refractivity contribution in [2.45, 2.75) is 13.0 Å². The van der Waals surface area contributed by atoms with Crippen molar-refractivity contribution < 1.29 is 19.4 Å². The smallest absolute Gasteiger partial charge is 0.337 e. The van der Waals surface area contributed by atoms with E-state index in [-0.39, 0.29) is 27.3 Å². The number of carboxylic acid groups (broad SMARTS) is 1. The standard InChI is InChI=1S/C12H14Cl2N2O4/c1-6(5-20-2)15-12(19)16-10-8(11(17)18)3-7(13)4-9(10)14/h3-4,6H,5H2,1-2H3,(H,17,18)(H2,15,16,19). The van der Waals surface area contributed by atoms with Gasteiger partial charge in [0.05, 0.1) is 28.9 Å². The molecule has 0 aliphatic heterocycles. The average molecular weight is 321 g/mol. The number of nitrogens with one attached hydrogen (secondary N) is 2. The van der Waals surface area contributed by atoms with Crippen LogP contribution >= 0.6 is 23.2 Å². The van der Waals surface area contributed by atoms with Crippen LogP contribution in [0.5, 0.6) is 0 Å². The van der Waals surface area contributed by atoms with Gasteiger partial charge in [-0.05, 0) is 19.1 Å². The van der Waals surface area contributed by atoms with Crippen LogP contribution in [0.1, 0.15) is 17.3 Å². The second-order valence-electron chi connectivity index (χ2n) is 4.07. The molecule has 1 rings (SSSR count). The number of hydrogen-bond acceptors (Lipinski definition) is 3. The Balaban J connectivity index is 2.91. The van der Waals surface area contributed by atoms with Crippen LogP contribution in [0.25, 0.3) is 0 Å². The molecular formula is C12H14Cl2N2O4. The van der Waals surface area contributed by atoms with Crippen LogP contribution in [-0.2, 0) is 4.74 Å². The van der Waals surface area contributed by atoms with Gasteiger partial charge in [-0.3, -0.25) is 0 Å². The fourth-order valence-electron chi connectivity index (χ4n) is 1.53. The lowest BCUT2D eigenvalue weighted by Crippen LogP contribution is -2.38. The van der Waals surface area contributed by atoms with Gasteiger partial charge in [0.15, 0.2) is 0 Å². The molecule has 0 saturated carbocycles. The quantitative estimate of drug-likeness (QED) is 0.778. The third kappa shape index (κ3) is 4.56. The van der Waals surface area contributed by atoms with E-state index >= 15 is 0 Å². The van der Waals surface area contributed by atoms with Gasteiger partial charge >= 0.3 is 12.0 Å². The summed E-state index contributed by atoms with van der Waals surface area (Å²) in [4.78, 5) is 22.9. The van der Waals surface area contributed by atoms with Crippen LogP contribution in [0, 0.1) is 0 Å². The molecule has 1 unspecified atom stereocenters. The van der Waals surface area contributed by atoms with Gasteiger partial charge in [-0.25, -0.2) is 9.59 Å². The zero-order valence-electron chi connectivity index (χ0n) is 10.9.